The van der Waals surface area contributed by atoms with Crippen LogP contribution >= 0.6 is 0 Å². The second-order valence-corrected chi connectivity index (χ2v) is 7.52. The van der Waals surface area contributed by atoms with Gasteiger partial charge in [-0.2, -0.15) is 0 Å². The second-order valence-electron chi connectivity index (χ2n) is 5.79. The zero-order valence-electron chi connectivity index (χ0n) is 15.2. The first-order chi connectivity index (χ1) is 13.0. The summed E-state index contributed by atoms with van der Waals surface area (Å²) in [6.07, 6.45) is 1.62. The van der Waals surface area contributed by atoms with Crippen LogP contribution in [0.4, 0.5) is 5.95 Å². The molecule has 27 heavy (non-hydrogen) atoms. The number of methoxy groups -OCH3 is 2. The molecule has 0 bridgehead atoms. The first-order valence-corrected chi connectivity index (χ1v) is 9.88. The number of benzene rings is 1. The van der Waals surface area contributed by atoms with Crippen LogP contribution in [0, 0.1) is 0 Å². The van der Waals surface area contributed by atoms with E-state index in [4.69, 9.17) is 14.2 Å². The van der Waals surface area contributed by atoms with Gasteiger partial charge in [0.1, 0.15) is 16.4 Å². The van der Waals surface area contributed by atoms with Crippen molar-refractivity contribution in [2.45, 2.75) is 11.4 Å². The summed E-state index contributed by atoms with van der Waals surface area (Å²) in [7, 11) is -0.932. The summed E-state index contributed by atoms with van der Waals surface area (Å²) < 4.78 is 43.6. The standard InChI is InChI=1S/C17H22N4O5S/c1-24-14-3-4-15(25-2)16(11-14)27(22,23)19-12-13-5-6-18-17(20-13)21-7-9-26-10-8-21/h3-6,11,19H,7-10,12H2,1-2H3. The molecule has 1 aliphatic heterocycles. The lowest BCUT2D eigenvalue weighted by Gasteiger charge is -2.26. The quantitative estimate of drug-likeness (QED) is 0.736. The van der Waals surface area contributed by atoms with Gasteiger partial charge in [-0.3, -0.25) is 0 Å². The topological polar surface area (TPSA) is 103 Å². The van der Waals surface area contributed by atoms with Gasteiger partial charge in [-0.05, 0) is 18.2 Å². The van der Waals surface area contributed by atoms with Gasteiger partial charge in [-0.25, -0.2) is 23.1 Å². The van der Waals surface area contributed by atoms with Gasteiger partial charge in [0.2, 0.25) is 16.0 Å². The fourth-order valence-corrected chi connectivity index (χ4v) is 3.82. The summed E-state index contributed by atoms with van der Waals surface area (Å²) >= 11 is 0. The van der Waals surface area contributed by atoms with E-state index in [0.29, 0.717) is 43.7 Å². The van der Waals surface area contributed by atoms with Crippen molar-refractivity contribution in [3.8, 4) is 11.5 Å². The van der Waals surface area contributed by atoms with Crippen LogP contribution in [0.2, 0.25) is 0 Å². The minimum Gasteiger partial charge on any atom is -0.497 e. The SMILES string of the molecule is COc1ccc(OC)c(S(=O)(=O)NCc2ccnc(N3CCOCC3)n2)c1. The third kappa shape index (κ3) is 4.65. The molecule has 0 atom stereocenters. The van der Waals surface area contributed by atoms with Crippen molar-refractivity contribution in [1.29, 1.82) is 0 Å². The summed E-state index contributed by atoms with van der Waals surface area (Å²) in [6.45, 7) is 2.68. The minimum absolute atomic E-state index is 0.00630. The van der Waals surface area contributed by atoms with Crippen LogP contribution in [0.1, 0.15) is 5.69 Å². The van der Waals surface area contributed by atoms with Crippen LogP contribution in [0.25, 0.3) is 0 Å². The average molecular weight is 394 g/mol. The molecule has 1 fully saturated rings. The molecule has 0 unspecified atom stereocenters. The van der Waals surface area contributed by atoms with Gasteiger partial charge >= 0.3 is 0 Å². The summed E-state index contributed by atoms with van der Waals surface area (Å²) in [4.78, 5) is 10.7. The third-order valence-electron chi connectivity index (χ3n) is 4.10. The first-order valence-electron chi connectivity index (χ1n) is 8.40. The largest absolute Gasteiger partial charge is 0.497 e. The first kappa shape index (κ1) is 19.3. The maximum absolute atomic E-state index is 12.7. The van der Waals surface area contributed by atoms with E-state index in [2.05, 4.69) is 14.7 Å². The molecule has 2 aromatic rings. The Bertz CT molecular complexity index is 885. The van der Waals surface area contributed by atoms with Gasteiger partial charge in [-0.1, -0.05) is 0 Å². The van der Waals surface area contributed by atoms with Crippen LogP contribution in [-0.2, 0) is 21.3 Å². The smallest absolute Gasteiger partial charge is 0.244 e. The Labute approximate surface area is 158 Å². The maximum atomic E-state index is 12.7. The second kappa shape index (κ2) is 8.51. The molecule has 0 amide bonds. The van der Waals surface area contributed by atoms with Crippen molar-refractivity contribution < 1.29 is 22.6 Å². The van der Waals surface area contributed by atoms with Gasteiger partial charge < -0.3 is 19.1 Å². The molecular weight excluding hydrogens is 372 g/mol. The highest BCUT2D eigenvalue weighted by Crippen LogP contribution is 2.28. The van der Waals surface area contributed by atoms with Crippen molar-refractivity contribution in [2.75, 3.05) is 45.4 Å². The van der Waals surface area contributed by atoms with Gasteiger partial charge in [0.25, 0.3) is 0 Å². The number of nitrogens with one attached hydrogen (secondary N) is 1. The molecule has 1 aliphatic rings. The molecular formula is C17H22N4O5S. The Hall–Kier alpha value is -2.43. The van der Waals surface area contributed by atoms with E-state index in [0.717, 1.165) is 0 Å². The van der Waals surface area contributed by atoms with Crippen LogP contribution in [0.15, 0.2) is 35.4 Å². The maximum Gasteiger partial charge on any atom is 0.244 e. The minimum atomic E-state index is -3.82. The van der Waals surface area contributed by atoms with Crippen molar-refractivity contribution >= 4 is 16.0 Å². The molecule has 1 aromatic carbocycles. The van der Waals surface area contributed by atoms with E-state index >= 15 is 0 Å². The number of hydrogen-bond donors (Lipinski definition) is 1. The Balaban J connectivity index is 1.76. The number of rotatable bonds is 7. The van der Waals surface area contributed by atoms with Crippen molar-refractivity contribution in [2.24, 2.45) is 0 Å². The number of morpholine rings is 1. The van der Waals surface area contributed by atoms with Gasteiger partial charge in [-0.15, -0.1) is 0 Å². The van der Waals surface area contributed by atoms with E-state index in [1.54, 1.807) is 24.4 Å². The summed E-state index contributed by atoms with van der Waals surface area (Å²) in [5.41, 5.74) is 0.567. The number of anilines is 1. The average Bonchev–Trinajstić information content (AvgIpc) is 2.72. The van der Waals surface area contributed by atoms with E-state index in [-0.39, 0.29) is 17.2 Å². The molecule has 3 rings (SSSR count). The fraction of sp³-hybridized carbons (Fsp3) is 0.412. The normalized spacial score (nSPS) is 14.8. The van der Waals surface area contributed by atoms with Crippen molar-refractivity contribution in [1.82, 2.24) is 14.7 Å². The highest BCUT2D eigenvalue weighted by molar-refractivity contribution is 7.89. The molecule has 1 aromatic heterocycles. The summed E-state index contributed by atoms with van der Waals surface area (Å²) in [5, 5.41) is 0. The lowest BCUT2D eigenvalue weighted by molar-refractivity contribution is 0.122. The lowest BCUT2D eigenvalue weighted by atomic mass is 10.3. The third-order valence-corrected chi connectivity index (χ3v) is 5.52. The molecule has 0 aliphatic carbocycles. The molecule has 10 heteroatoms. The molecule has 9 nitrogen and oxygen atoms in total. The fourth-order valence-electron chi connectivity index (χ4n) is 2.64. The van der Waals surface area contributed by atoms with Crippen molar-refractivity contribution in [3.05, 3.63) is 36.2 Å². The van der Waals surface area contributed by atoms with E-state index in [1.165, 1.54) is 20.3 Å². The van der Waals surface area contributed by atoms with Crippen LogP contribution in [0.3, 0.4) is 0 Å². The van der Waals surface area contributed by atoms with Gasteiger partial charge in [0.15, 0.2) is 0 Å². The van der Waals surface area contributed by atoms with Crippen molar-refractivity contribution in [3.63, 3.8) is 0 Å². The Morgan fingerprint density at radius 2 is 1.96 bits per heavy atom. The predicted octanol–water partition coefficient (Wildman–Crippen LogP) is 0.809. The number of ether oxygens (including phenoxy) is 3. The monoisotopic (exact) mass is 394 g/mol. The Kier molecular flexibility index (Phi) is 6.09. The van der Waals surface area contributed by atoms with Gasteiger partial charge in [0.05, 0.1) is 39.7 Å². The summed E-state index contributed by atoms with van der Waals surface area (Å²) in [6, 6.07) is 6.28. The molecule has 0 saturated carbocycles. The zero-order valence-corrected chi connectivity index (χ0v) is 16.0. The number of aromatic nitrogens is 2. The predicted molar refractivity (Wildman–Crippen MR) is 98.6 cm³/mol. The number of hydrogen-bond acceptors (Lipinski definition) is 8. The molecule has 0 spiro atoms. The van der Waals surface area contributed by atoms with Crippen LogP contribution in [0.5, 0.6) is 11.5 Å². The van der Waals surface area contributed by atoms with Crippen LogP contribution < -0.4 is 19.1 Å². The lowest BCUT2D eigenvalue weighted by Crippen LogP contribution is -2.37. The Morgan fingerprint density at radius 3 is 2.67 bits per heavy atom. The number of nitrogens with zero attached hydrogens (tertiary/aromatic N) is 3. The highest BCUT2D eigenvalue weighted by atomic mass is 32.2. The Morgan fingerprint density at radius 1 is 1.19 bits per heavy atom. The van der Waals surface area contributed by atoms with E-state index in [9.17, 15) is 8.42 Å². The number of sulfonamides is 1. The summed E-state index contributed by atoms with van der Waals surface area (Å²) in [5.74, 6) is 1.22. The zero-order chi connectivity index (χ0) is 19.3. The van der Waals surface area contributed by atoms with E-state index < -0.39 is 10.0 Å². The van der Waals surface area contributed by atoms with E-state index in [1.807, 2.05) is 4.90 Å². The molecule has 2 heterocycles. The molecule has 1 saturated heterocycles. The molecule has 146 valence electrons. The van der Waals surface area contributed by atoms with Gasteiger partial charge in [0, 0.05) is 25.4 Å². The molecule has 1 N–H and O–H groups in total. The highest BCUT2D eigenvalue weighted by Gasteiger charge is 2.21. The molecule has 0 radical (unpaired) electrons. The van der Waals surface area contributed by atoms with Crippen LogP contribution in [-0.4, -0.2) is 58.9 Å².